The van der Waals surface area contributed by atoms with E-state index in [2.05, 4.69) is 20.6 Å². The van der Waals surface area contributed by atoms with Crippen LogP contribution in [-0.4, -0.2) is 34.4 Å². The Bertz CT molecular complexity index is 407. The van der Waals surface area contributed by atoms with E-state index >= 15 is 0 Å². The molecule has 1 aromatic heterocycles. The van der Waals surface area contributed by atoms with Gasteiger partial charge in [-0.3, -0.25) is 14.9 Å². The molecule has 0 aliphatic carbocycles. The molecule has 1 heterocycles. The van der Waals surface area contributed by atoms with E-state index in [1.54, 1.807) is 6.07 Å². The summed E-state index contributed by atoms with van der Waals surface area (Å²) in [6.07, 6.45) is 3.02. The standard InChI is InChI=1S/C11H17N5O2/c1-7(2)9(12)10(18)15-6-8(17)16-11-13-4-3-5-14-11/h3-5,7,9H,6,12H2,1-2H3,(H,15,18)(H,13,14,16,17)/t9-/m0/s1. The minimum absolute atomic E-state index is 0.0190. The van der Waals surface area contributed by atoms with E-state index in [1.807, 2.05) is 13.8 Å². The van der Waals surface area contributed by atoms with Crippen molar-refractivity contribution in [3.05, 3.63) is 18.5 Å². The molecule has 0 bridgehead atoms. The van der Waals surface area contributed by atoms with Gasteiger partial charge in [0.25, 0.3) is 0 Å². The van der Waals surface area contributed by atoms with Gasteiger partial charge in [-0.05, 0) is 12.0 Å². The number of nitrogens with one attached hydrogen (secondary N) is 2. The third-order valence-electron chi connectivity index (χ3n) is 2.26. The summed E-state index contributed by atoms with van der Waals surface area (Å²) in [4.78, 5) is 30.6. The predicted molar refractivity (Wildman–Crippen MR) is 66.5 cm³/mol. The molecule has 0 aliphatic rings. The van der Waals surface area contributed by atoms with Gasteiger partial charge in [0.1, 0.15) is 0 Å². The minimum Gasteiger partial charge on any atom is -0.346 e. The molecule has 1 rings (SSSR count). The Morgan fingerprint density at radius 1 is 1.33 bits per heavy atom. The summed E-state index contributed by atoms with van der Waals surface area (Å²) in [6, 6.07) is 1.02. The molecular formula is C11H17N5O2. The lowest BCUT2D eigenvalue weighted by Crippen LogP contribution is -2.46. The molecule has 18 heavy (non-hydrogen) atoms. The normalized spacial score (nSPS) is 12.0. The number of carbonyl (C=O) groups excluding carboxylic acids is 2. The third-order valence-corrected chi connectivity index (χ3v) is 2.26. The van der Waals surface area contributed by atoms with Crippen molar-refractivity contribution >= 4 is 17.8 Å². The van der Waals surface area contributed by atoms with Gasteiger partial charge < -0.3 is 11.1 Å². The van der Waals surface area contributed by atoms with Crippen LogP contribution in [0.15, 0.2) is 18.5 Å². The predicted octanol–water partition coefficient (Wildman–Crippen LogP) is -0.485. The van der Waals surface area contributed by atoms with Crippen LogP contribution in [0.3, 0.4) is 0 Å². The monoisotopic (exact) mass is 251 g/mol. The maximum atomic E-state index is 11.5. The van der Waals surface area contributed by atoms with E-state index in [4.69, 9.17) is 5.73 Å². The molecular weight excluding hydrogens is 234 g/mol. The number of aromatic nitrogens is 2. The lowest BCUT2D eigenvalue weighted by Gasteiger charge is -2.14. The number of hydrogen-bond acceptors (Lipinski definition) is 5. The van der Waals surface area contributed by atoms with E-state index in [0.29, 0.717) is 0 Å². The maximum Gasteiger partial charge on any atom is 0.246 e. The van der Waals surface area contributed by atoms with E-state index in [9.17, 15) is 9.59 Å². The fourth-order valence-corrected chi connectivity index (χ4v) is 1.12. The highest BCUT2D eigenvalue weighted by Crippen LogP contribution is 1.97. The Kier molecular flexibility index (Phi) is 5.19. The summed E-state index contributed by atoms with van der Waals surface area (Å²) in [5.41, 5.74) is 5.63. The van der Waals surface area contributed by atoms with Gasteiger partial charge in [-0.1, -0.05) is 13.8 Å². The third kappa shape index (κ3) is 4.46. The number of carbonyl (C=O) groups is 2. The van der Waals surface area contributed by atoms with E-state index in [1.165, 1.54) is 12.4 Å². The molecule has 4 N–H and O–H groups in total. The van der Waals surface area contributed by atoms with Crippen molar-refractivity contribution in [2.45, 2.75) is 19.9 Å². The van der Waals surface area contributed by atoms with Crippen LogP contribution in [0.1, 0.15) is 13.8 Å². The Hall–Kier alpha value is -2.02. The Morgan fingerprint density at radius 2 is 1.94 bits per heavy atom. The minimum atomic E-state index is -0.620. The van der Waals surface area contributed by atoms with Crippen molar-refractivity contribution in [3.8, 4) is 0 Å². The van der Waals surface area contributed by atoms with Crippen molar-refractivity contribution in [3.63, 3.8) is 0 Å². The van der Waals surface area contributed by atoms with Gasteiger partial charge in [-0.15, -0.1) is 0 Å². The average molecular weight is 251 g/mol. The number of amides is 2. The van der Waals surface area contributed by atoms with Gasteiger partial charge in [-0.25, -0.2) is 9.97 Å². The number of rotatable bonds is 5. The highest BCUT2D eigenvalue weighted by Gasteiger charge is 2.17. The first-order valence-electron chi connectivity index (χ1n) is 5.61. The average Bonchev–Trinajstić information content (AvgIpc) is 2.36. The SMILES string of the molecule is CC(C)[C@H](N)C(=O)NCC(=O)Nc1ncccn1. The van der Waals surface area contributed by atoms with Crippen LogP contribution in [-0.2, 0) is 9.59 Å². The molecule has 0 unspecified atom stereocenters. The van der Waals surface area contributed by atoms with Gasteiger partial charge in [0.2, 0.25) is 17.8 Å². The lowest BCUT2D eigenvalue weighted by molar-refractivity contribution is -0.125. The van der Waals surface area contributed by atoms with Gasteiger partial charge in [0.15, 0.2) is 0 Å². The van der Waals surface area contributed by atoms with E-state index in [0.717, 1.165) is 0 Å². The first-order valence-corrected chi connectivity index (χ1v) is 5.61. The number of hydrogen-bond donors (Lipinski definition) is 3. The summed E-state index contributed by atoms with van der Waals surface area (Å²) in [5, 5.41) is 4.90. The first-order chi connectivity index (χ1) is 8.50. The molecule has 7 heteroatoms. The number of nitrogens with zero attached hydrogens (tertiary/aromatic N) is 2. The van der Waals surface area contributed by atoms with Crippen molar-refractivity contribution < 1.29 is 9.59 Å². The fourth-order valence-electron chi connectivity index (χ4n) is 1.12. The quantitative estimate of drug-likeness (QED) is 0.654. The smallest absolute Gasteiger partial charge is 0.246 e. The maximum absolute atomic E-state index is 11.5. The number of nitrogens with two attached hydrogens (primary N) is 1. The molecule has 2 amide bonds. The molecule has 98 valence electrons. The van der Waals surface area contributed by atoms with Crippen LogP contribution in [0, 0.1) is 5.92 Å². The zero-order chi connectivity index (χ0) is 13.5. The lowest BCUT2D eigenvalue weighted by atomic mass is 10.1. The van der Waals surface area contributed by atoms with E-state index in [-0.39, 0.29) is 24.3 Å². The summed E-state index contributed by atoms with van der Waals surface area (Å²) in [6.45, 7) is 3.52. The van der Waals surface area contributed by atoms with Gasteiger partial charge in [0, 0.05) is 12.4 Å². The van der Waals surface area contributed by atoms with Crippen LogP contribution in [0.4, 0.5) is 5.95 Å². The van der Waals surface area contributed by atoms with Crippen molar-refractivity contribution in [2.24, 2.45) is 11.7 Å². The Morgan fingerprint density at radius 3 is 2.50 bits per heavy atom. The van der Waals surface area contributed by atoms with Crippen LogP contribution >= 0.6 is 0 Å². The summed E-state index contributed by atoms with van der Waals surface area (Å²) < 4.78 is 0. The highest BCUT2D eigenvalue weighted by atomic mass is 16.2. The topological polar surface area (TPSA) is 110 Å². The van der Waals surface area contributed by atoms with Crippen molar-refractivity contribution in [1.82, 2.24) is 15.3 Å². The zero-order valence-electron chi connectivity index (χ0n) is 10.4. The van der Waals surface area contributed by atoms with Gasteiger partial charge in [0.05, 0.1) is 12.6 Å². The molecule has 0 aliphatic heterocycles. The van der Waals surface area contributed by atoms with Crippen LogP contribution in [0.5, 0.6) is 0 Å². The molecule has 1 aromatic rings. The molecule has 0 fully saturated rings. The fraction of sp³-hybridized carbons (Fsp3) is 0.455. The molecule has 0 spiro atoms. The van der Waals surface area contributed by atoms with Crippen LogP contribution < -0.4 is 16.4 Å². The highest BCUT2D eigenvalue weighted by molar-refractivity contribution is 5.94. The second kappa shape index (κ2) is 6.65. The second-order valence-corrected chi connectivity index (χ2v) is 4.11. The largest absolute Gasteiger partial charge is 0.346 e. The Balaban J connectivity index is 2.36. The second-order valence-electron chi connectivity index (χ2n) is 4.11. The molecule has 7 nitrogen and oxygen atoms in total. The summed E-state index contributed by atoms with van der Waals surface area (Å²) >= 11 is 0. The summed E-state index contributed by atoms with van der Waals surface area (Å²) in [5.74, 6) is -0.532. The molecule has 0 saturated heterocycles. The molecule has 0 aromatic carbocycles. The van der Waals surface area contributed by atoms with Gasteiger partial charge >= 0.3 is 0 Å². The van der Waals surface area contributed by atoms with Crippen molar-refractivity contribution in [2.75, 3.05) is 11.9 Å². The van der Waals surface area contributed by atoms with E-state index < -0.39 is 11.9 Å². The first kappa shape index (κ1) is 14.0. The Labute approximate surface area is 105 Å². The van der Waals surface area contributed by atoms with Crippen molar-refractivity contribution in [1.29, 1.82) is 0 Å². The molecule has 1 atom stereocenters. The van der Waals surface area contributed by atoms with Crippen LogP contribution in [0.25, 0.3) is 0 Å². The summed E-state index contributed by atoms with van der Waals surface area (Å²) in [7, 11) is 0. The van der Waals surface area contributed by atoms with Crippen LogP contribution in [0.2, 0.25) is 0 Å². The van der Waals surface area contributed by atoms with Gasteiger partial charge in [-0.2, -0.15) is 0 Å². The number of anilines is 1. The zero-order valence-corrected chi connectivity index (χ0v) is 10.4. The molecule has 0 radical (unpaired) electrons. The molecule has 0 saturated carbocycles.